The average Bonchev–Trinajstić information content (AvgIpc) is 2.87. The fraction of sp³-hybridized carbons (Fsp3) is 0.500. The number of hydrogen-bond donors (Lipinski definition) is 1. The van der Waals surface area contributed by atoms with Crippen molar-refractivity contribution in [2.75, 3.05) is 32.0 Å². The lowest BCUT2D eigenvalue weighted by molar-refractivity contribution is 0.237. The number of hydrogen-bond acceptors (Lipinski definition) is 4. The number of rotatable bonds is 5. The maximum atomic E-state index is 8.70. The van der Waals surface area contributed by atoms with Crippen LogP contribution in [0, 0.1) is 11.3 Å². The van der Waals surface area contributed by atoms with E-state index in [2.05, 4.69) is 11.0 Å². The van der Waals surface area contributed by atoms with Crippen LogP contribution in [-0.2, 0) is 6.42 Å². The highest BCUT2D eigenvalue weighted by Crippen LogP contribution is 2.20. The molecule has 1 saturated heterocycles. The second-order valence-corrected chi connectivity index (χ2v) is 4.59. The van der Waals surface area contributed by atoms with E-state index in [4.69, 9.17) is 15.7 Å². The molecule has 4 nitrogen and oxygen atoms in total. The van der Waals surface area contributed by atoms with Crippen LogP contribution in [0.5, 0.6) is 5.75 Å². The molecule has 96 valence electrons. The molecule has 0 atom stereocenters. The van der Waals surface area contributed by atoms with E-state index in [-0.39, 0.29) is 0 Å². The molecule has 2 N–H and O–H groups in total. The molecule has 1 aromatic carbocycles. The van der Waals surface area contributed by atoms with Gasteiger partial charge in [-0.05, 0) is 49.7 Å². The molecule has 0 radical (unpaired) electrons. The largest absolute Gasteiger partial charge is 0.492 e. The van der Waals surface area contributed by atoms with Crippen molar-refractivity contribution >= 4 is 5.69 Å². The summed E-state index contributed by atoms with van der Waals surface area (Å²) in [4.78, 5) is 2.41. The third-order valence-electron chi connectivity index (χ3n) is 3.26. The number of likely N-dealkylation sites (tertiary alicyclic amines) is 1. The molecule has 1 aromatic rings. The highest BCUT2D eigenvalue weighted by molar-refractivity contribution is 5.51. The zero-order chi connectivity index (χ0) is 12.8. The zero-order valence-corrected chi connectivity index (χ0v) is 10.6. The minimum absolute atomic E-state index is 0.329. The first-order valence-corrected chi connectivity index (χ1v) is 6.40. The first kappa shape index (κ1) is 12.7. The summed E-state index contributed by atoms with van der Waals surface area (Å²) in [6.07, 6.45) is 2.93. The van der Waals surface area contributed by atoms with E-state index in [1.165, 1.54) is 25.9 Å². The standard InChI is InChI=1S/C14H19N3O/c15-6-5-12-11-13(3-4-14(12)16)18-10-9-17-7-1-2-8-17/h3-4,11H,1-2,5,7-10,16H2. The van der Waals surface area contributed by atoms with Gasteiger partial charge in [-0.2, -0.15) is 5.26 Å². The Kier molecular flexibility index (Phi) is 4.43. The highest BCUT2D eigenvalue weighted by Gasteiger charge is 2.10. The van der Waals surface area contributed by atoms with Crippen molar-refractivity contribution in [3.63, 3.8) is 0 Å². The van der Waals surface area contributed by atoms with E-state index in [1.807, 2.05) is 12.1 Å². The van der Waals surface area contributed by atoms with Gasteiger partial charge in [-0.3, -0.25) is 4.90 Å². The fourth-order valence-electron chi connectivity index (χ4n) is 2.21. The van der Waals surface area contributed by atoms with Gasteiger partial charge in [0.05, 0.1) is 12.5 Å². The predicted molar refractivity (Wildman–Crippen MR) is 71.3 cm³/mol. The van der Waals surface area contributed by atoms with E-state index in [0.717, 1.165) is 17.9 Å². The number of benzene rings is 1. The lowest BCUT2D eigenvalue weighted by atomic mass is 10.1. The van der Waals surface area contributed by atoms with E-state index in [1.54, 1.807) is 6.07 Å². The van der Waals surface area contributed by atoms with Crippen LogP contribution in [0.1, 0.15) is 18.4 Å². The van der Waals surface area contributed by atoms with Gasteiger partial charge in [0.15, 0.2) is 0 Å². The van der Waals surface area contributed by atoms with Crippen LogP contribution in [0.4, 0.5) is 5.69 Å². The summed E-state index contributed by atoms with van der Waals surface area (Å²) in [5.41, 5.74) is 7.29. The molecule has 18 heavy (non-hydrogen) atoms. The third kappa shape index (κ3) is 3.38. The molecule has 1 aliphatic rings. The summed E-state index contributed by atoms with van der Waals surface area (Å²) in [6.45, 7) is 4.03. The number of nitrogens with two attached hydrogens (primary N) is 1. The van der Waals surface area contributed by atoms with E-state index in [0.29, 0.717) is 18.7 Å². The Labute approximate surface area is 108 Å². The predicted octanol–water partition coefficient (Wildman–Crippen LogP) is 1.81. The van der Waals surface area contributed by atoms with Crippen LogP contribution in [0.15, 0.2) is 18.2 Å². The van der Waals surface area contributed by atoms with E-state index >= 15 is 0 Å². The lowest BCUT2D eigenvalue weighted by Crippen LogP contribution is -2.25. The van der Waals surface area contributed by atoms with Gasteiger partial charge < -0.3 is 10.5 Å². The molecule has 4 heteroatoms. The number of anilines is 1. The van der Waals surface area contributed by atoms with E-state index in [9.17, 15) is 0 Å². The monoisotopic (exact) mass is 245 g/mol. The smallest absolute Gasteiger partial charge is 0.119 e. The van der Waals surface area contributed by atoms with Crippen molar-refractivity contribution in [3.8, 4) is 11.8 Å². The number of nitrogen functional groups attached to an aromatic ring is 1. The van der Waals surface area contributed by atoms with Gasteiger partial charge in [0.25, 0.3) is 0 Å². The van der Waals surface area contributed by atoms with Crippen molar-refractivity contribution < 1.29 is 4.74 Å². The molecular weight excluding hydrogens is 226 g/mol. The second-order valence-electron chi connectivity index (χ2n) is 4.59. The Morgan fingerprint density at radius 3 is 2.83 bits per heavy atom. The van der Waals surface area contributed by atoms with Gasteiger partial charge in [0.2, 0.25) is 0 Å². The van der Waals surface area contributed by atoms with Crippen molar-refractivity contribution in [1.82, 2.24) is 4.90 Å². The quantitative estimate of drug-likeness (QED) is 0.804. The summed E-state index contributed by atoms with van der Waals surface area (Å²) in [6, 6.07) is 7.64. The summed E-state index contributed by atoms with van der Waals surface area (Å²) < 4.78 is 5.70. The highest BCUT2D eigenvalue weighted by atomic mass is 16.5. The van der Waals surface area contributed by atoms with Crippen LogP contribution in [-0.4, -0.2) is 31.1 Å². The van der Waals surface area contributed by atoms with Crippen LogP contribution in [0.25, 0.3) is 0 Å². The third-order valence-corrected chi connectivity index (χ3v) is 3.26. The Morgan fingerprint density at radius 2 is 2.11 bits per heavy atom. The van der Waals surface area contributed by atoms with Gasteiger partial charge >= 0.3 is 0 Å². The van der Waals surface area contributed by atoms with Gasteiger partial charge in [-0.1, -0.05) is 0 Å². The van der Waals surface area contributed by atoms with Crippen LogP contribution in [0.3, 0.4) is 0 Å². The van der Waals surface area contributed by atoms with Gasteiger partial charge in [0, 0.05) is 12.2 Å². The molecule has 0 aromatic heterocycles. The molecule has 0 amide bonds. The molecule has 0 saturated carbocycles. The number of ether oxygens (including phenoxy) is 1. The summed E-state index contributed by atoms with van der Waals surface area (Å²) in [5, 5.41) is 8.70. The van der Waals surface area contributed by atoms with Crippen molar-refractivity contribution in [2.24, 2.45) is 0 Å². The SMILES string of the molecule is N#CCc1cc(OCCN2CCCC2)ccc1N. The molecule has 1 heterocycles. The minimum Gasteiger partial charge on any atom is -0.492 e. The minimum atomic E-state index is 0.329. The first-order valence-electron chi connectivity index (χ1n) is 6.40. The average molecular weight is 245 g/mol. The summed E-state index contributed by atoms with van der Waals surface area (Å²) in [7, 11) is 0. The zero-order valence-electron chi connectivity index (χ0n) is 10.6. The molecule has 0 aliphatic carbocycles. The molecule has 2 rings (SSSR count). The molecule has 0 unspecified atom stereocenters. The lowest BCUT2D eigenvalue weighted by Gasteiger charge is -2.15. The number of nitriles is 1. The summed E-state index contributed by atoms with van der Waals surface area (Å²) in [5.74, 6) is 0.800. The number of nitrogens with zero attached hydrogens (tertiary/aromatic N) is 2. The Balaban J connectivity index is 1.85. The van der Waals surface area contributed by atoms with Crippen LogP contribution in [0.2, 0.25) is 0 Å². The van der Waals surface area contributed by atoms with Crippen molar-refractivity contribution in [1.29, 1.82) is 5.26 Å². The first-order chi connectivity index (χ1) is 8.79. The van der Waals surface area contributed by atoms with Gasteiger partial charge in [-0.25, -0.2) is 0 Å². The fourth-order valence-corrected chi connectivity index (χ4v) is 2.21. The second kappa shape index (κ2) is 6.27. The molecule has 1 aliphatic heterocycles. The normalized spacial score (nSPS) is 15.5. The Hall–Kier alpha value is -1.73. The Bertz CT molecular complexity index is 433. The maximum absolute atomic E-state index is 8.70. The molecular formula is C14H19N3O. The summed E-state index contributed by atoms with van der Waals surface area (Å²) >= 11 is 0. The topological polar surface area (TPSA) is 62.3 Å². The maximum Gasteiger partial charge on any atom is 0.119 e. The van der Waals surface area contributed by atoms with E-state index < -0.39 is 0 Å². The van der Waals surface area contributed by atoms with Crippen molar-refractivity contribution in [3.05, 3.63) is 23.8 Å². The van der Waals surface area contributed by atoms with Crippen LogP contribution < -0.4 is 10.5 Å². The van der Waals surface area contributed by atoms with Crippen LogP contribution >= 0.6 is 0 Å². The molecule has 0 spiro atoms. The Morgan fingerprint density at radius 1 is 1.33 bits per heavy atom. The van der Waals surface area contributed by atoms with Crippen molar-refractivity contribution in [2.45, 2.75) is 19.3 Å². The van der Waals surface area contributed by atoms with Gasteiger partial charge in [-0.15, -0.1) is 0 Å². The van der Waals surface area contributed by atoms with Gasteiger partial charge in [0.1, 0.15) is 12.4 Å². The molecule has 1 fully saturated rings. The molecule has 0 bridgehead atoms.